The van der Waals surface area contributed by atoms with Gasteiger partial charge in [-0.2, -0.15) is 0 Å². The van der Waals surface area contributed by atoms with Crippen molar-refractivity contribution in [1.29, 1.82) is 0 Å². The molecular weight excluding hydrogens is 242 g/mol. The molecule has 0 radical (unpaired) electrons. The fourth-order valence-electron chi connectivity index (χ4n) is 2.59. The van der Waals surface area contributed by atoms with E-state index in [1.165, 1.54) is 5.56 Å². The quantitative estimate of drug-likeness (QED) is 0.854. The van der Waals surface area contributed by atoms with Crippen LogP contribution in [0.5, 0.6) is 0 Å². The summed E-state index contributed by atoms with van der Waals surface area (Å²) in [6.45, 7) is 3.62. The zero-order valence-electron chi connectivity index (χ0n) is 11.9. The summed E-state index contributed by atoms with van der Waals surface area (Å²) in [5.41, 5.74) is 7.09. The van der Waals surface area contributed by atoms with Gasteiger partial charge in [0.05, 0.1) is 0 Å². The lowest BCUT2D eigenvalue weighted by Crippen LogP contribution is -2.27. The number of methoxy groups -OCH3 is 2. The van der Waals surface area contributed by atoms with E-state index in [1.807, 2.05) is 19.2 Å². The monoisotopic (exact) mass is 265 g/mol. The summed E-state index contributed by atoms with van der Waals surface area (Å²) in [6.07, 6.45) is 2.84. The van der Waals surface area contributed by atoms with E-state index < -0.39 is 0 Å². The fourth-order valence-corrected chi connectivity index (χ4v) is 2.59. The van der Waals surface area contributed by atoms with Gasteiger partial charge in [0.25, 0.3) is 0 Å². The van der Waals surface area contributed by atoms with Crippen LogP contribution in [0.2, 0.25) is 0 Å². The number of hydrogen-bond acceptors (Lipinski definition) is 5. The number of rotatable bonds is 5. The minimum atomic E-state index is 0.0927. The molecule has 19 heavy (non-hydrogen) atoms. The molecule has 1 aliphatic heterocycles. The van der Waals surface area contributed by atoms with Gasteiger partial charge in [0, 0.05) is 39.5 Å². The van der Waals surface area contributed by atoms with E-state index >= 15 is 0 Å². The van der Waals surface area contributed by atoms with Gasteiger partial charge < -0.3 is 20.1 Å². The van der Waals surface area contributed by atoms with Crippen molar-refractivity contribution in [3.8, 4) is 0 Å². The van der Waals surface area contributed by atoms with Crippen molar-refractivity contribution in [3.63, 3.8) is 0 Å². The van der Waals surface area contributed by atoms with Crippen LogP contribution in [-0.2, 0) is 15.9 Å². The van der Waals surface area contributed by atoms with Crippen LogP contribution in [0.1, 0.15) is 12.5 Å². The maximum absolute atomic E-state index is 5.90. The van der Waals surface area contributed by atoms with Crippen LogP contribution < -0.4 is 10.6 Å². The number of pyridine rings is 1. The van der Waals surface area contributed by atoms with Crippen LogP contribution in [0.4, 0.5) is 5.82 Å². The Balaban J connectivity index is 2.18. The Morgan fingerprint density at radius 1 is 1.37 bits per heavy atom. The second-order valence-electron chi connectivity index (χ2n) is 5.12. The minimum absolute atomic E-state index is 0.0927. The Kier molecular flexibility index (Phi) is 4.74. The molecule has 0 saturated carbocycles. The number of nitrogens with zero attached hydrogens (tertiary/aromatic N) is 2. The highest BCUT2D eigenvalue weighted by molar-refractivity contribution is 5.48. The lowest BCUT2D eigenvalue weighted by molar-refractivity contribution is -0.00461. The molecule has 0 aromatic carbocycles. The van der Waals surface area contributed by atoms with E-state index in [4.69, 9.17) is 15.2 Å². The van der Waals surface area contributed by atoms with Gasteiger partial charge >= 0.3 is 0 Å². The van der Waals surface area contributed by atoms with Crippen LogP contribution in [0.3, 0.4) is 0 Å². The lowest BCUT2D eigenvalue weighted by atomic mass is 10.1. The largest absolute Gasteiger partial charge is 0.377 e. The van der Waals surface area contributed by atoms with E-state index in [9.17, 15) is 0 Å². The Morgan fingerprint density at radius 2 is 2.00 bits per heavy atom. The highest BCUT2D eigenvalue weighted by Crippen LogP contribution is 2.25. The van der Waals surface area contributed by atoms with E-state index in [-0.39, 0.29) is 18.2 Å². The third-order valence-electron chi connectivity index (χ3n) is 3.53. The predicted octanol–water partition coefficient (Wildman–Crippen LogP) is 0.821. The molecule has 0 bridgehead atoms. The summed E-state index contributed by atoms with van der Waals surface area (Å²) in [5, 5.41) is 0. The fraction of sp³-hybridized carbons (Fsp3) is 0.643. The Hall–Kier alpha value is -1.17. The van der Waals surface area contributed by atoms with Gasteiger partial charge in [-0.15, -0.1) is 0 Å². The van der Waals surface area contributed by atoms with Crippen molar-refractivity contribution < 1.29 is 9.47 Å². The zero-order chi connectivity index (χ0) is 13.8. The number of aromatic nitrogens is 1. The highest BCUT2D eigenvalue weighted by Gasteiger charge is 2.34. The first kappa shape index (κ1) is 14.2. The molecule has 1 fully saturated rings. The smallest absolute Gasteiger partial charge is 0.131 e. The predicted molar refractivity (Wildman–Crippen MR) is 75.4 cm³/mol. The van der Waals surface area contributed by atoms with Crippen molar-refractivity contribution in [1.82, 2.24) is 4.98 Å². The number of ether oxygens (including phenoxy) is 2. The average Bonchev–Trinajstić information content (AvgIpc) is 2.81. The second kappa shape index (κ2) is 6.32. The molecule has 2 heterocycles. The maximum atomic E-state index is 5.90. The SMILES string of the molecule is COC1CN(c2ncccc2CC(C)N)CC1OC. The molecule has 5 heteroatoms. The molecule has 1 aromatic heterocycles. The van der Waals surface area contributed by atoms with Gasteiger partial charge in [-0.05, 0) is 25.0 Å². The van der Waals surface area contributed by atoms with Crippen LogP contribution >= 0.6 is 0 Å². The summed E-state index contributed by atoms with van der Waals surface area (Å²) < 4.78 is 10.9. The van der Waals surface area contributed by atoms with Crippen molar-refractivity contribution in [2.75, 3.05) is 32.2 Å². The molecule has 0 amide bonds. The van der Waals surface area contributed by atoms with Crippen molar-refractivity contribution in [2.45, 2.75) is 31.6 Å². The molecule has 5 nitrogen and oxygen atoms in total. The van der Waals surface area contributed by atoms with Gasteiger partial charge in [0.15, 0.2) is 0 Å². The van der Waals surface area contributed by atoms with E-state index in [2.05, 4.69) is 16.0 Å². The second-order valence-corrected chi connectivity index (χ2v) is 5.12. The molecular formula is C14H23N3O2. The van der Waals surface area contributed by atoms with Gasteiger partial charge in [-0.25, -0.2) is 4.98 Å². The number of hydrogen-bond donors (Lipinski definition) is 1. The van der Waals surface area contributed by atoms with Gasteiger partial charge in [0.1, 0.15) is 18.0 Å². The molecule has 1 aromatic rings. The van der Waals surface area contributed by atoms with Gasteiger partial charge in [0.2, 0.25) is 0 Å². The molecule has 2 N–H and O–H groups in total. The summed E-state index contributed by atoms with van der Waals surface area (Å²) in [6, 6.07) is 4.17. The first-order chi connectivity index (χ1) is 9.15. The van der Waals surface area contributed by atoms with Crippen molar-refractivity contribution >= 4 is 5.82 Å². The molecule has 3 unspecified atom stereocenters. The third-order valence-corrected chi connectivity index (χ3v) is 3.53. The zero-order valence-corrected chi connectivity index (χ0v) is 11.9. The van der Waals surface area contributed by atoms with E-state index in [0.29, 0.717) is 0 Å². The average molecular weight is 265 g/mol. The summed E-state index contributed by atoms with van der Waals surface area (Å²) >= 11 is 0. The van der Waals surface area contributed by atoms with Gasteiger partial charge in [-0.3, -0.25) is 0 Å². The maximum Gasteiger partial charge on any atom is 0.131 e. The molecule has 3 atom stereocenters. The minimum Gasteiger partial charge on any atom is -0.377 e. The molecule has 1 aliphatic rings. The molecule has 1 saturated heterocycles. The summed E-state index contributed by atoms with van der Waals surface area (Å²) in [5.74, 6) is 1.00. The molecule has 106 valence electrons. The van der Waals surface area contributed by atoms with Crippen LogP contribution in [0, 0.1) is 0 Å². The number of nitrogens with two attached hydrogens (primary N) is 1. The van der Waals surface area contributed by atoms with Crippen molar-refractivity contribution in [3.05, 3.63) is 23.9 Å². The normalized spacial score (nSPS) is 24.7. The van der Waals surface area contributed by atoms with E-state index in [0.717, 1.165) is 25.3 Å². The Bertz CT molecular complexity index is 399. The number of anilines is 1. The molecule has 0 spiro atoms. The summed E-state index contributed by atoms with van der Waals surface area (Å²) in [4.78, 5) is 6.73. The summed E-state index contributed by atoms with van der Waals surface area (Å²) in [7, 11) is 3.45. The Morgan fingerprint density at radius 3 is 2.53 bits per heavy atom. The van der Waals surface area contributed by atoms with Crippen molar-refractivity contribution in [2.24, 2.45) is 5.73 Å². The van der Waals surface area contributed by atoms with E-state index in [1.54, 1.807) is 14.2 Å². The third kappa shape index (κ3) is 3.23. The molecule has 0 aliphatic carbocycles. The standard InChI is InChI=1S/C14H23N3O2/c1-10(15)7-11-5-4-6-16-14(11)17-8-12(18-2)13(9-17)19-3/h4-6,10,12-13H,7-9,15H2,1-3H3. The molecule has 2 rings (SSSR count). The first-order valence-corrected chi connectivity index (χ1v) is 6.65. The van der Waals surface area contributed by atoms with Gasteiger partial charge in [-0.1, -0.05) is 6.07 Å². The van der Waals surface area contributed by atoms with Crippen LogP contribution in [0.15, 0.2) is 18.3 Å². The Labute approximate surface area is 114 Å². The topological polar surface area (TPSA) is 60.6 Å². The highest BCUT2D eigenvalue weighted by atomic mass is 16.5. The first-order valence-electron chi connectivity index (χ1n) is 6.65. The van der Waals surface area contributed by atoms with Crippen LogP contribution in [0.25, 0.3) is 0 Å². The van der Waals surface area contributed by atoms with Crippen LogP contribution in [-0.4, -0.2) is 50.5 Å². The lowest BCUT2D eigenvalue weighted by Gasteiger charge is -2.21.